The zero-order valence-corrected chi connectivity index (χ0v) is 19.9. The number of hydrogen-bond acceptors (Lipinski definition) is 6. The second-order valence-corrected chi connectivity index (χ2v) is 10.7. The van der Waals surface area contributed by atoms with Gasteiger partial charge in [0.05, 0.1) is 6.54 Å². The van der Waals surface area contributed by atoms with E-state index in [0.717, 1.165) is 30.6 Å². The molecule has 1 aliphatic carbocycles. The van der Waals surface area contributed by atoms with E-state index in [2.05, 4.69) is 9.97 Å². The molecule has 0 N–H and O–H groups in total. The highest BCUT2D eigenvalue weighted by atomic mass is 35.5. The van der Waals surface area contributed by atoms with Crippen molar-refractivity contribution in [2.75, 3.05) is 4.90 Å². The molecule has 4 rings (SSSR count). The number of thioether (sulfide) groups is 1. The molecule has 2 heterocycles. The molecule has 1 atom stereocenters. The van der Waals surface area contributed by atoms with Gasteiger partial charge in [-0.15, -0.1) is 11.3 Å². The lowest BCUT2D eigenvalue weighted by Crippen LogP contribution is -2.38. The number of benzene rings is 1. The SMILES string of the molecule is O=C(SC1CCCCC1)C(C(=O)N(Cc1cnc(Cl)s1)c1ccccn1)c1ccccc1. The van der Waals surface area contributed by atoms with Crippen molar-refractivity contribution in [2.24, 2.45) is 0 Å². The fourth-order valence-electron chi connectivity index (χ4n) is 3.89. The van der Waals surface area contributed by atoms with Crippen LogP contribution in [-0.2, 0) is 16.1 Å². The molecule has 3 aromatic rings. The monoisotopic (exact) mass is 485 g/mol. The van der Waals surface area contributed by atoms with Crippen LogP contribution in [0.5, 0.6) is 0 Å². The van der Waals surface area contributed by atoms with Crippen LogP contribution < -0.4 is 4.90 Å². The molecular formula is C24H24ClN3O2S2. The first kappa shape index (κ1) is 23.0. The Morgan fingerprint density at radius 1 is 1.06 bits per heavy atom. The van der Waals surface area contributed by atoms with E-state index in [4.69, 9.17) is 11.6 Å². The van der Waals surface area contributed by atoms with Crippen molar-refractivity contribution in [2.45, 2.75) is 49.8 Å². The van der Waals surface area contributed by atoms with Gasteiger partial charge in [-0.1, -0.05) is 79.0 Å². The average Bonchev–Trinajstić information content (AvgIpc) is 3.24. The first-order chi connectivity index (χ1) is 15.6. The predicted octanol–water partition coefficient (Wildman–Crippen LogP) is 6.10. The van der Waals surface area contributed by atoms with Crippen LogP contribution in [-0.4, -0.2) is 26.2 Å². The highest BCUT2D eigenvalue weighted by Gasteiger charge is 2.35. The molecule has 1 aromatic carbocycles. The molecular weight excluding hydrogens is 462 g/mol. The minimum absolute atomic E-state index is 0.101. The highest BCUT2D eigenvalue weighted by molar-refractivity contribution is 8.14. The molecule has 8 heteroatoms. The zero-order valence-electron chi connectivity index (χ0n) is 17.5. The lowest BCUT2D eigenvalue weighted by atomic mass is 9.98. The number of carbonyl (C=O) groups is 2. The Bertz CT molecular complexity index is 1040. The lowest BCUT2D eigenvalue weighted by Gasteiger charge is -2.27. The van der Waals surface area contributed by atoms with Gasteiger partial charge in [0.1, 0.15) is 11.7 Å². The summed E-state index contributed by atoms with van der Waals surface area (Å²) < 4.78 is 0.414. The smallest absolute Gasteiger partial charge is 0.244 e. The number of hydrogen-bond donors (Lipinski definition) is 0. The Morgan fingerprint density at radius 2 is 1.81 bits per heavy atom. The maximum atomic E-state index is 13.9. The Balaban J connectivity index is 1.66. The summed E-state index contributed by atoms with van der Waals surface area (Å²) in [5.74, 6) is -0.681. The van der Waals surface area contributed by atoms with Crippen molar-refractivity contribution < 1.29 is 9.59 Å². The fourth-order valence-corrected chi connectivity index (χ4v) is 6.13. The number of aromatic nitrogens is 2. The number of halogens is 1. The Labute approximate surface area is 201 Å². The molecule has 0 bridgehead atoms. The quantitative estimate of drug-likeness (QED) is 0.378. The minimum atomic E-state index is -0.895. The molecule has 32 heavy (non-hydrogen) atoms. The molecule has 166 valence electrons. The second kappa shape index (κ2) is 11.1. The fraction of sp³-hybridized carbons (Fsp3) is 0.333. The van der Waals surface area contributed by atoms with Gasteiger partial charge in [0.15, 0.2) is 4.47 Å². The van der Waals surface area contributed by atoms with E-state index >= 15 is 0 Å². The van der Waals surface area contributed by atoms with E-state index in [1.54, 1.807) is 29.4 Å². The molecule has 1 fully saturated rings. The topological polar surface area (TPSA) is 63.2 Å². The van der Waals surface area contributed by atoms with Crippen molar-refractivity contribution in [3.8, 4) is 0 Å². The van der Waals surface area contributed by atoms with E-state index in [1.807, 2.05) is 36.4 Å². The normalized spacial score (nSPS) is 15.3. The van der Waals surface area contributed by atoms with Gasteiger partial charge in [0.25, 0.3) is 0 Å². The maximum Gasteiger partial charge on any atom is 0.244 e. The summed E-state index contributed by atoms with van der Waals surface area (Å²) in [7, 11) is 0. The molecule has 1 amide bonds. The summed E-state index contributed by atoms with van der Waals surface area (Å²) in [5, 5.41) is 0.176. The highest BCUT2D eigenvalue weighted by Crippen LogP contribution is 2.35. The van der Waals surface area contributed by atoms with Crippen molar-refractivity contribution >= 4 is 51.5 Å². The number of amides is 1. The van der Waals surface area contributed by atoms with Crippen molar-refractivity contribution in [1.29, 1.82) is 0 Å². The van der Waals surface area contributed by atoms with Crippen LogP contribution in [0.2, 0.25) is 4.47 Å². The van der Waals surface area contributed by atoms with E-state index in [9.17, 15) is 9.59 Å². The van der Waals surface area contributed by atoms with Crippen molar-refractivity contribution in [1.82, 2.24) is 9.97 Å². The number of anilines is 1. The number of thiazole rings is 1. The van der Waals surface area contributed by atoms with E-state index in [-0.39, 0.29) is 22.8 Å². The van der Waals surface area contributed by atoms with Crippen LogP contribution in [0.3, 0.4) is 0 Å². The zero-order chi connectivity index (χ0) is 22.3. The Kier molecular flexibility index (Phi) is 7.95. The van der Waals surface area contributed by atoms with Gasteiger partial charge in [-0.3, -0.25) is 14.5 Å². The van der Waals surface area contributed by atoms with E-state index < -0.39 is 5.92 Å². The molecule has 0 spiro atoms. The summed E-state index contributed by atoms with van der Waals surface area (Å²) in [6.45, 7) is 0.255. The minimum Gasteiger partial charge on any atom is -0.290 e. The van der Waals surface area contributed by atoms with Crippen LogP contribution in [0.4, 0.5) is 5.82 Å². The lowest BCUT2D eigenvalue weighted by molar-refractivity contribution is -0.125. The number of carbonyl (C=O) groups excluding carboxylic acids is 2. The van der Waals surface area contributed by atoms with Crippen LogP contribution in [0, 0.1) is 0 Å². The van der Waals surface area contributed by atoms with Crippen molar-refractivity contribution in [3.05, 3.63) is 75.8 Å². The van der Waals surface area contributed by atoms with Gasteiger partial charge < -0.3 is 0 Å². The summed E-state index contributed by atoms with van der Waals surface area (Å²) in [5.41, 5.74) is 0.703. The Morgan fingerprint density at radius 3 is 2.47 bits per heavy atom. The maximum absolute atomic E-state index is 13.9. The van der Waals surface area contributed by atoms with Gasteiger partial charge in [0, 0.05) is 22.5 Å². The third-order valence-corrected chi connectivity index (χ3v) is 7.85. The van der Waals surface area contributed by atoms with E-state index in [0.29, 0.717) is 15.8 Å². The number of rotatable bonds is 7. The average molecular weight is 486 g/mol. The molecule has 1 saturated carbocycles. The van der Waals surface area contributed by atoms with Gasteiger partial charge in [-0.2, -0.15) is 0 Å². The molecule has 1 aliphatic rings. The third-order valence-electron chi connectivity index (χ3n) is 5.48. The standard InChI is InChI=1S/C24H24ClN3O2S2/c25-24-27-15-19(32-24)16-28(20-13-7-8-14-26-20)22(29)21(17-9-3-1-4-10-17)23(30)31-18-11-5-2-6-12-18/h1,3-4,7-10,13-15,18,21H,2,5-6,11-12,16H2. The van der Waals surface area contributed by atoms with Crippen LogP contribution in [0.15, 0.2) is 60.9 Å². The van der Waals surface area contributed by atoms with Gasteiger partial charge in [0.2, 0.25) is 11.0 Å². The summed E-state index contributed by atoms with van der Waals surface area (Å²) in [6, 6.07) is 14.7. The third kappa shape index (κ3) is 5.77. The van der Waals surface area contributed by atoms with Crippen molar-refractivity contribution in [3.63, 3.8) is 0 Å². The summed E-state index contributed by atoms with van der Waals surface area (Å²) >= 11 is 8.67. The molecule has 2 aromatic heterocycles. The predicted molar refractivity (Wildman–Crippen MR) is 131 cm³/mol. The molecule has 0 aliphatic heterocycles. The number of pyridine rings is 1. The summed E-state index contributed by atoms with van der Waals surface area (Å²) in [4.78, 5) is 38.3. The largest absolute Gasteiger partial charge is 0.290 e. The molecule has 0 saturated heterocycles. The van der Waals surface area contributed by atoms with Gasteiger partial charge >= 0.3 is 0 Å². The van der Waals surface area contributed by atoms with Crippen LogP contribution in [0.25, 0.3) is 0 Å². The summed E-state index contributed by atoms with van der Waals surface area (Å²) in [6.07, 6.45) is 8.85. The Hall–Kier alpha value is -2.22. The first-order valence-electron chi connectivity index (χ1n) is 10.7. The van der Waals surface area contributed by atoms with Crippen LogP contribution >= 0.6 is 34.7 Å². The van der Waals surface area contributed by atoms with E-state index in [1.165, 1.54) is 29.5 Å². The molecule has 5 nitrogen and oxygen atoms in total. The first-order valence-corrected chi connectivity index (χ1v) is 12.8. The van der Waals surface area contributed by atoms with Crippen LogP contribution in [0.1, 0.15) is 48.5 Å². The van der Waals surface area contributed by atoms with Gasteiger partial charge in [-0.05, 0) is 30.5 Å². The molecule has 0 radical (unpaired) electrons. The number of nitrogens with zero attached hydrogens (tertiary/aromatic N) is 3. The molecule has 1 unspecified atom stereocenters. The second-order valence-electron chi connectivity index (χ2n) is 7.73. The van der Waals surface area contributed by atoms with Gasteiger partial charge in [-0.25, -0.2) is 9.97 Å².